The summed E-state index contributed by atoms with van der Waals surface area (Å²) in [7, 11) is 3.34. The molecule has 3 aliphatic rings. The number of hydrogen-bond acceptors (Lipinski definition) is 12. The molecule has 0 aliphatic carbocycles. The number of methoxy groups -OCH3 is 2. The average molecular weight is 743 g/mol. The van der Waals surface area contributed by atoms with E-state index in [0.29, 0.717) is 89.7 Å². The predicted octanol–water partition coefficient (Wildman–Crippen LogP) is 5.47. The number of ether oxygens (including phenoxy) is 4. The van der Waals surface area contributed by atoms with Crippen LogP contribution in [0.1, 0.15) is 32.6 Å². The Kier molecular flexibility index (Phi) is 10.7. The quantitative estimate of drug-likeness (QED) is 0.171. The zero-order chi connectivity index (χ0) is 37.7. The Hall–Kier alpha value is -5.79. The van der Waals surface area contributed by atoms with Crippen molar-refractivity contribution >= 4 is 29.3 Å². The Morgan fingerprint density at radius 2 is 1.36 bits per heavy atom. The third kappa shape index (κ3) is 7.89. The lowest BCUT2D eigenvalue weighted by Gasteiger charge is -2.29. The smallest absolute Gasteiger partial charge is 0.254 e. The molecular formula is C42H46N8O5. The van der Waals surface area contributed by atoms with Crippen LogP contribution in [0.5, 0.6) is 11.5 Å². The maximum absolute atomic E-state index is 13.5. The van der Waals surface area contributed by atoms with Gasteiger partial charge in [0.25, 0.3) is 5.91 Å². The molecule has 0 radical (unpaired) electrons. The lowest BCUT2D eigenvalue weighted by molar-refractivity contribution is 0.0303. The van der Waals surface area contributed by atoms with Crippen molar-refractivity contribution in [3.8, 4) is 22.8 Å². The molecule has 2 fully saturated rings. The van der Waals surface area contributed by atoms with Crippen molar-refractivity contribution in [3.63, 3.8) is 0 Å². The Labute approximate surface area is 321 Å². The molecule has 2 aromatic heterocycles. The van der Waals surface area contributed by atoms with Crippen LogP contribution >= 0.6 is 0 Å². The molecule has 13 nitrogen and oxygen atoms in total. The summed E-state index contributed by atoms with van der Waals surface area (Å²) in [6.07, 6.45) is 4.48. The van der Waals surface area contributed by atoms with Gasteiger partial charge in [0.1, 0.15) is 17.3 Å². The Bertz CT molecular complexity index is 2050. The lowest BCUT2D eigenvalue weighted by Crippen LogP contribution is -2.40. The highest BCUT2D eigenvalue weighted by atomic mass is 16.5. The monoisotopic (exact) mass is 742 g/mol. The van der Waals surface area contributed by atoms with Crippen LogP contribution in [-0.4, -0.2) is 104 Å². The number of carbonyl (C=O) groups excluding carboxylic acids is 1. The minimum atomic E-state index is 0.0200. The maximum atomic E-state index is 13.5. The van der Waals surface area contributed by atoms with Crippen LogP contribution in [0.4, 0.5) is 23.4 Å². The second-order valence-electron chi connectivity index (χ2n) is 13.9. The number of hydrogen-bond donors (Lipinski definition) is 0. The van der Waals surface area contributed by atoms with Crippen molar-refractivity contribution in [2.45, 2.75) is 26.4 Å². The fraction of sp³-hybridized carbons (Fsp3) is 0.357. The molecule has 5 aromatic rings. The summed E-state index contributed by atoms with van der Waals surface area (Å²) in [6, 6.07) is 22.1. The van der Waals surface area contributed by atoms with E-state index >= 15 is 0 Å². The van der Waals surface area contributed by atoms with Crippen LogP contribution in [0.15, 0.2) is 79.1 Å². The SMILES string of the molecule is COc1ccc(CN(Cc2ccc(OC)cc2)c2ncc(-c3nc(N4CCOCC4)nc4c3CCN4c3cc(C(=O)N4CCOCC4)ccc3C)cn2)cc1. The van der Waals surface area contributed by atoms with Crippen molar-refractivity contribution in [1.29, 1.82) is 0 Å². The summed E-state index contributed by atoms with van der Waals surface area (Å²) in [5.74, 6) is 3.73. The van der Waals surface area contributed by atoms with E-state index in [-0.39, 0.29) is 5.91 Å². The summed E-state index contributed by atoms with van der Waals surface area (Å²) in [4.78, 5) is 42.3. The van der Waals surface area contributed by atoms with Gasteiger partial charge in [0.15, 0.2) is 0 Å². The molecule has 0 bridgehead atoms. The first kappa shape index (κ1) is 36.2. The molecule has 3 aliphatic heterocycles. The highest BCUT2D eigenvalue weighted by molar-refractivity contribution is 5.96. The number of amides is 1. The van der Waals surface area contributed by atoms with Gasteiger partial charge in [-0.25, -0.2) is 15.0 Å². The molecule has 5 heterocycles. The van der Waals surface area contributed by atoms with E-state index in [2.05, 4.69) is 45.9 Å². The summed E-state index contributed by atoms with van der Waals surface area (Å²) in [6.45, 7) is 8.90. The molecular weight excluding hydrogens is 697 g/mol. The molecule has 0 atom stereocenters. The molecule has 8 rings (SSSR count). The van der Waals surface area contributed by atoms with Gasteiger partial charge in [-0.2, -0.15) is 4.98 Å². The minimum Gasteiger partial charge on any atom is -0.497 e. The molecule has 1 amide bonds. The minimum absolute atomic E-state index is 0.0200. The molecule has 0 unspecified atom stereocenters. The summed E-state index contributed by atoms with van der Waals surface area (Å²) < 4.78 is 22.0. The lowest BCUT2D eigenvalue weighted by atomic mass is 10.1. The summed E-state index contributed by atoms with van der Waals surface area (Å²) in [5.41, 5.74) is 7.59. The van der Waals surface area contributed by atoms with Crippen molar-refractivity contribution in [2.24, 2.45) is 0 Å². The maximum Gasteiger partial charge on any atom is 0.254 e. The normalized spacial score (nSPS) is 15.5. The number of rotatable bonds is 11. The fourth-order valence-corrected chi connectivity index (χ4v) is 7.31. The zero-order valence-electron chi connectivity index (χ0n) is 31.6. The van der Waals surface area contributed by atoms with E-state index in [1.165, 1.54) is 0 Å². The van der Waals surface area contributed by atoms with Crippen molar-refractivity contribution in [3.05, 3.63) is 107 Å². The summed E-state index contributed by atoms with van der Waals surface area (Å²) >= 11 is 0. The fourth-order valence-electron chi connectivity index (χ4n) is 7.31. The van der Waals surface area contributed by atoms with E-state index in [9.17, 15) is 4.79 Å². The highest BCUT2D eigenvalue weighted by Gasteiger charge is 2.31. The number of aryl methyl sites for hydroxylation is 1. The molecule has 284 valence electrons. The average Bonchev–Trinajstić information content (AvgIpc) is 3.68. The molecule has 2 saturated heterocycles. The van der Waals surface area contributed by atoms with Gasteiger partial charge in [0, 0.05) is 80.6 Å². The second-order valence-corrected chi connectivity index (χ2v) is 13.9. The van der Waals surface area contributed by atoms with E-state index in [4.69, 9.17) is 38.9 Å². The number of benzene rings is 3. The van der Waals surface area contributed by atoms with E-state index in [1.54, 1.807) is 14.2 Å². The Morgan fingerprint density at radius 3 is 1.96 bits per heavy atom. The number of morpholine rings is 2. The van der Waals surface area contributed by atoms with Gasteiger partial charge in [-0.15, -0.1) is 0 Å². The van der Waals surface area contributed by atoms with Gasteiger partial charge in [-0.3, -0.25) is 4.79 Å². The third-order valence-corrected chi connectivity index (χ3v) is 10.4. The van der Waals surface area contributed by atoms with Crippen LogP contribution in [0, 0.1) is 6.92 Å². The first-order valence-corrected chi connectivity index (χ1v) is 18.8. The molecule has 13 heteroatoms. The highest BCUT2D eigenvalue weighted by Crippen LogP contribution is 2.41. The van der Waals surface area contributed by atoms with Crippen LogP contribution in [0.25, 0.3) is 11.3 Å². The Balaban J connectivity index is 1.14. The van der Waals surface area contributed by atoms with E-state index in [1.807, 2.05) is 59.8 Å². The van der Waals surface area contributed by atoms with Crippen molar-refractivity contribution < 1.29 is 23.7 Å². The zero-order valence-corrected chi connectivity index (χ0v) is 31.6. The summed E-state index contributed by atoms with van der Waals surface area (Å²) in [5, 5.41) is 0. The van der Waals surface area contributed by atoms with Gasteiger partial charge < -0.3 is 38.5 Å². The predicted molar refractivity (Wildman–Crippen MR) is 211 cm³/mol. The first-order valence-electron chi connectivity index (χ1n) is 18.8. The molecule has 55 heavy (non-hydrogen) atoms. The molecule has 3 aromatic carbocycles. The van der Waals surface area contributed by atoms with Gasteiger partial charge in [0.2, 0.25) is 11.9 Å². The standard InChI is InChI=1S/C42H46N8O5/c1-29-4-9-32(40(51)47-16-20-54-21-17-47)24-37(29)50-15-14-36-38(45-42(46-39(36)50)48-18-22-55-23-19-48)33-25-43-41(44-26-33)49(27-30-5-10-34(52-2)11-6-30)28-31-7-12-35(53-3)13-8-31/h4-13,24-26H,14-23,27-28H2,1-3H3. The largest absolute Gasteiger partial charge is 0.497 e. The van der Waals surface area contributed by atoms with Crippen molar-refractivity contribution in [2.75, 3.05) is 88.1 Å². The van der Waals surface area contributed by atoms with Crippen LogP contribution in [-0.2, 0) is 29.0 Å². The van der Waals surface area contributed by atoms with Gasteiger partial charge >= 0.3 is 0 Å². The van der Waals surface area contributed by atoms with Gasteiger partial charge in [-0.05, 0) is 66.4 Å². The number of nitrogens with zero attached hydrogens (tertiary/aromatic N) is 8. The van der Waals surface area contributed by atoms with E-state index < -0.39 is 0 Å². The topological polar surface area (TPSA) is 119 Å². The molecule has 0 spiro atoms. The van der Waals surface area contributed by atoms with Gasteiger partial charge in [0.05, 0.1) is 46.3 Å². The van der Waals surface area contributed by atoms with Crippen LogP contribution < -0.4 is 24.2 Å². The first-order chi connectivity index (χ1) is 27.0. The number of anilines is 4. The number of carbonyl (C=O) groups is 1. The van der Waals surface area contributed by atoms with Gasteiger partial charge in [-0.1, -0.05) is 30.3 Å². The number of aromatic nitrogens is 4. The number of fused-ring (bicyclic) bond motifs is 1. The third-order valence-electron chi connectivity index (χ3n) is 10.4. The van der Waals surface area contributed by atoms with Crippen LogP contribution in [0.3, 0.4) is 0 Å². The van der Waals surface area contributed by atoms with Crippen molar-refractivity contribution in [1.82, 2.24) is 24.8 Å². The molecule has 0 N–H and O–H groups in total. The molecule has 0 saturated carbocycles. The second kappa shape index (κ2) is 16.3. The van der Waals surface area contributed by atoms with Crippen LogP contribution in [0.2, 0.25) is 0 Å². The van der Waals surface area contributed by atoms with E-state index in [0.717, 1.165) is 62.9 Å². The Morgan fingerprint density at radius 1 is 0.764 bits per heavy atom.